The van der Waals surface area contributed by atoms with Crippen LogP contribution in [0.25, 0.3) is 0 Å². The fraction of sp³-hybridized carbons (Fsp3) is 0.200. The van der Waals surface area contributed by atoms with Crippen LogP contribution in [0.2, 0.25) is 0 Å². The Kier molecular flexibility index (Phi) is 3.85. The highest BCUT2D eigenvalue weighted by atomic mass is 14.7. The van der Waals surface area contributed by atoms with Crippen LogP contribution in [0.3, 0.4) is 0 Å². The van der Waals surface area contributed by atoms with Crippen molar-refractivity contribution in [3.8, 4) is 0 Å². The van der Waals surface area contributed by atoms with E-state index in [1.807, 2.05) is 14.8 Å². The molecule has 0 atom stereocenters. The molecule has 8 heavy (non-hydrogen) atoms. The summed E-state index contributed by atoms with van der Waals surface area (Å²) in [4.78, 5) is 3.76. The van der Waals surface area contributed by atoms with Crippen molar-refractivity contribution in [2.45, 2.75) is 6.92 Å². The van der Waals surface area contributed by atoms with Crippen LogP contribution in [-0.4, -0.2) is 20.3 Å². The maximum atomic E-state index is 6.54. The molecule has 42 valence electrons. The van der Waals surface area contributed by atoms with Gasteiger partial charge in [-0.05, 0) is 0 Å². The number of rotatable bonds is 2. The molecule has 0 aromatic carbocycles. The van der Waals surface area contributed by atoms with E-state index in [1.165, 1.54) is 6.21 Å². The first kappa shape index (κ1) is 7.14. The quantitative estimate of drug-likeness (QED) is 0.387. The summed E-state index contributed by atoms with van der Waals surface area (Å²) in [5, 5.41) is 6.54. The summed E-state index contributed by atoms with van der Waals surface area (Å²) in [5.41, 5.74) is 1.14. The van der Waals surface area contributed by atoms with Gasteiger partial charge in [0.2, 0.25) is 0 Å². The predicted molar refractivity (Wildman–Crippen MR) is 39.6 cm³/mol. The third-order valence-electron chi connectivity index (χ3n) is 0.493. The number of nitrogens with zero attached hydrogens (tertiary/aromatic N) is 1. The molecule has 0 saturated carbocycles. The zero-order chi connectivity index (χ0) is 6.41. The van der Waals surface area contributed by atoms with Gasteiger partial charge in [0.05, 0.1) is 0 Å². The zero-order valence-corrected chi connectivity index (χ0v) is 5.18. The Bertz CT molecular complexity index is 122. The second-order valence-electron chi connectivity index (χ2n) is 1.67. The minimum Gasteiger partial charge on any atom is -0.307 e. The van der Waals surface area contributed by atoms with Gasteiger partial charge < -0.3 is 5.41 Å². The van der Waals surface area contributed by atoms with Crippen molar-refractivity contribution in [2.75, 3.05) is 0 Å². The highest BCUT2D eigenvalue weighted by Gasteiger charge is 1.68. The first-order chi connectivity index (χ1) is 3.77. The van der Waals surface area contributed by atoms with Crippen LogP contribution < -0.4 is 0 Å². The monoisotopic (exact) mass is 108 g/mol. The highest BCUT2D eigenvalue weighted by Crippen LogP contribution is 1.80. The maximum Gasteiger partial charge on any atom is 0.135 e. The molecule has 2 nitrogen and oxygen atoms in total. The Balaban J connectivity index is 3.57. The predicted octanol–water partition coefficient (Wildman–Crippen LogP) is 0.201. The van der Waals surface area contributed by atoms with Gasteiger partial charge >= 0.3 is 0 Å². The zero-order valence-electron chi connectivity index (χ0n) is 5.18. The number of hydrogen-bond donors (Lipinski definition) is 1. The molecule has 0 rings (SSSR count). The molecular formula is C5H9BN2. The van der Waals surface area contributed by atoms with Crippen molar-refractivity contribution in [3.05, 3.63) is 11.7 Å². The molecule has 0 spiro atoms. The molecule has 0 bridgehead atoms. The summed E-state index contributed by atoms with van der Waals surface area (Å²) < 4.78 is 0. The van der Waals surface area contributed by atoms with Gasteiger partial charge in [0.1, 0.15) is 7.85 Å². The van der Waals surface area contributed by atoms with Crippen molar-refractivity contribution in [1.29, 1.82) is 5.41 Å². The molecule has 0 radical (unpaired) electrons. The average Bonchev–Trinajstić information content (AvgIpc) is 1.66. The van der Waals surface area contributed by atoms with E-state index in [2.05, 4.69) is 4.99 Å². The van der Waals surface area contributed by atoms with E-state index in [4.69, 9.17) is 5.41 Å². The standard InChI is InChI=1S/C5H9BN2/c1-5(6)4-8-3-2-7/h2-4,7H,6H2,1H3/b5-4+,7-2?,8-3-. The third-order valence-corrected chi connectivity index (χ3v) is 0.493. The summed E-state index contributed by atoms with van der Waals surface area (Å²) >= 11 is 0. The van der Waals surface area contributed by atoms with E-state index in [1.54, 1.807) is 6.20 Å². The van der Waals surface area contributed by atoms with Crippen molar-refractivity contribution < 1.29 is 0 Å². The summed E-state index contributed by atoms with van der Waals surface area (Å²) in [6, 6.07) is 0. The minimum absolute atomic E-state index is 1.14. The molecule has 0 aromatic rings. The lowest BCUT2D eigenvalue weighted by atomic mass is 10.00. The van der Waals surface area contributed by atoms with E-state index in [-0.39, 0.29) is 0 Å². The Morgan fingerprint density at radius 2 is 2.38 bits per heavy atom. The molecule has 0 heterocycles. The van der Waals surface area contributed by atoms with Gasteiger partial charge in [0.15, 0.2) is 0 Å². The van der Waals surface area contributed by atoms with Gasteiger partial charge in [-0.2, -0.15) is 0 Å². The smallest absolute Gasteiger partial charge is 0.135 e. The topological polar surface area (TPSA) is 36.2 Å². The van der Waals surface area contributed by atoms with Crippen molar-refractivity contribution >= 4 is 20.3 Å². The third kappa shape index (κ3) is 5.14. The summed E-state index contributed by atoms with van der Waals surface area (Å²) in [5.74, 6) is 0. The van der Waals surface area contributed by atoms with E-state index in [0.717, 1.165) is 11.7 Å². The fourth-order valence-corrected chi connectivity index (χ4v) is 0.235. The van der Waals surface area contributed by atoms with Gasteiger partial charge in [-0.25, -0.2) is 0 Å². The minimum atomic E-state index is 1.14. The lowest BCUT2D eigenvalue weighted by Gasteiger charge is -1.78. The largest absolute Gasteiger partial charge is 0.307 e. The second-order valence-corrected chi connectivity index (χ2v) is 1.67. The van der Waals surface area contributed by atoms with E-state index < -0.39 is 0 Å². The second kappa shape index (κ2) is 4.31. The summed E-state index contributed by atoms with van der Waals surface area (Å²) in [7, 11) is 1.96. The first-order valence-electron chi connectivity index (χ1n) is 2.43. The number of hydrogen-bond acceptors (Lipinski definition) is 2. The molecule has 0 saturated heterocycles. The Labute approximate surface area is 50.2 Å². The first-order valence-corrected chi connectivity index (χ1v) is 2.43. The molecular weight excluding hydrogens is 98.9 g/mol. The van der Waals surface area contributed by atoms with Gasteiger partial charge in [0, 0.05) is 18.6 Å². The van der Waals surface area contributed by atoms with E-state index >= 15 is 0 Å². The number of nitrogens with one attached hydrogen (secondary N) is 1. The van der Waals surface area contributed by atoms with Crippen LogP contribution in [-0.2, 0) is 0 Å². The Hall–Kier alpha value is -0.855. The van der Waals surface area contributed by atoms with Gasteiger partial charge in [-0.15, -0.1) is 0 Å². The lowest BCUT2D eigenvalue weighted by Crippen LogP contribution is -1.71. The Morgan fingerprint density at radius 1 is 1.75 bits per heavy atom. The van der Waals surface area contributed by atoms with Gasteiger partial charge in [-0.3, -0.25) is 4.99 Å². The summed E-state index contributed by atoms with van der Waals surface area (Å²) in [6.45, 7) is 1.96. The molecule has 0 aliphatic carbocycles. The van der Waals surface area contributed by atoms with Crippen molar-refractivity contribution in [3.63, 3.8) is 0 Å². The molecule has 3 heteroatoms. The van der Waals surface area contributed by atoms with E-state index in [9.17, 15) is 0 Å². The molecule has 0 aliphatic rings. The normalized spacial score (nSPS) is 12.4. The lowest BCUT2D eigenvalue weighted by molar-refractivity contribution is 1.51. The fourth-order valence-electron chi connectivity index (χ4n) is 0.235. The van der Waals surface area contributed by atoms with Gasteiger partial charge in [0.25, 0.3) is 0 Å². The highest BCUT2D eigenvalue weighted by molar-refractivity contribution is 6.21. The maximum absolute atomic E-state index is 6.54. The van der Waals surface area contributed by atoms with Crippen LogP contribution in [0.5, 0.6) is 0 Å². The van der Waals surface area contributed by atoms with Crippen LogP contribution in [0.15, 0.2) is 16.7 Å². The van der Waals surface area contributed by atoms with Gasteiger partial charge in [-0.1, -0.05) is 12.4 Å². The van der Waals surface area contributed by atoms with Crippen LogP contribution in [0.1, 0.15) is 6.92 Å². The van der Waals surface area contributed by atoms with Crippen LogP contribution in [0.4, 0.5) is 0 Å². The SMILES string of the molecule is B/C(C)=C/N=C\C=N. The molecule has 0 aliphatic heterocycles. The van der Waals surface area contributed by atoms with Crippen LogP contribution >= 0.6 is 0 Å². The molecule has 0 fully saturated rings. The Morgan fingerprint density at radius 3 is 2.75 bits per heavy atom. The van der Waals surface area contributed by atoms with Crippen LogP contribution in [0, 0.1) is 5.41 Å². The molecule has 0 aromatic heterocycles. The molecule has 0 unspecified atom stereocenters. The average molecular weight is 108 g/mol. The molecule has 0 amide bonds. The molecule has 1 N–H and O–H groups in total. The van der Waals surface area contributed by atoms with E-state index in [0.29, 0.717) is 0 Å². The number of allylic oxidation sites excluding steroid dienone is 1. The number of aliphatic imine (C=N–C) groups is 1. The summed E-state index contributed by atoms with van der Waals surface area (Å²) in [6.07, 6.45) is 4.30. The van der Waals surface area contributed by atoms with Crippen molar-refractivity contribution in [2.24, 2.45) is 4.99 Å². The van der Waals surface area contributed by atoms with Crippen molar-refractivity contribution in [1.82, 2.24) is 0 Å².